The van der Waals surface area contributed by atoms with Gasteiger partial charge in [-0.3, -0.25) is 4.79 Å². The summed E-state index contributed by atoms with van der Waals surface area (Å²) in [6.07, 6.45) is 19.3. The van der Waals surface area contributed by atoms with E-state index in [1.54, 1.807) is 20.8 Å². The van der Waals surface area contributed by atoms with E-state index in [9.17, 15) is 15.0 Å². The lowest BCUT2D eigenvalue weighted by Gasteiger charge is -2.25. The molecular weight excluding hydrogens is 410 g/mol. The Kier molecular flexibility index (Phi) is 13.5. The summed E-state index contributed by atoms with van der Waals surface area (Å²) >= 11 is 0. The van der Waals surface area contributed by atoms with Gasteiger partial charge < -0.3 is 15.5 Å². The van der Waals surface area contributed by atoms with Crippen LogP contribution in [0, 0.1) is 26.2 Å². The summed E-state index contributed by atoms with van der Waals surface area (Å²) in [5.74, 6) is 0.0621. The molecule has 0 unspecified atom stereocenters. The zero-order valence-electron chi connectivity index (χ0n) is 22.4. The van der Waals surface area contributed by atoms with Crippen molar-refractivity contribution in [2.75, 3.05) is 5.32 Å². The molecule has 0 radical (unpaired) electrons. The lowest BCUT2D eigenvalue weighted by molar-refractivity contribution is -0.124. The van der Waals surface area contributed by atoms with Crippen LogP contribution >= 0.6 is 0 Å². The van der Waals surface area contributed by atoms with Crippen LogP contribution in [0.3, 0.4) is 0 Å². The van der Waals surface area contributed by atoms with Crippen LogP contribution in [0.2, 0.25) is 0 Å². The van der Waals surface area contributed by atoms with E-state index in [0.29, 0.717) is 22.4 Å². The van der Waals surface area contributed by atoms with Crippen molar-refractivity contribution in [2.24, 2.45) is 5.41 Å². The second-order valence-corrected chi connectivity index (χ2v) is 10.6. The van der Waals surface area contributed by atoms with Crippen LogP contribution in [0.1, 0.15) is 134 Å². The van der Waals surface area contributed by atoms with Gasteiger partial charge in [-0.15, -0.1) is 0 Å². The molecule has 0 aliphatic carbocycles. The van der Waals surface area contributed by atoms with Crippen molar-refractivity contribution in [1.82, 2.24) is 0 Å². The number of aromatic hydroxyl groups is 2. The summed E-state index contributed by atoms with van der Waals surface area (Å²) in [6.45, 7) is 11.4. The molecule has 4 heteroatoms. The second kappa shape index (κ2) is 15.2. The summed E-state index contributed by atoms with van der Waals surface area (Å²) in [4.78, 5) is 12.9. The van der Waals surface area contributed by atoms with Crippen LogP contribution in [0.25, 0.3) is 0 Å². The Morgan fingerprint density at radius 1 is 0.667 bits per heavy atom. The van der Waals surface area contributed by atoms with Crippen LogP contribution in [-0.2, 0) is 4.79 Å². The molecule has 0 saturated heterocycles. The molecule has 0 aliphatic heterocycles. The van der Waals surface area contributed by atoms with E-state index in [4.69, 9.17) is 0 Å². The Balaban J connectivity index is 2.24. The minimum atomic E-state index is -0.523. The van der Waals surface area contributed by atoms with Crippen molar-refractivity contribution in [2.45, 2.75) is 138 Å². The van der Waals surface area contributed by atoms with Crippen LogP contribution in [0.15, 0.2) is 0 Å². The predicted molar refractivity (Wildman–Crippen MR) is 141 cm³/mol. The molecular formula is C29H51NO3. The molecule has 1 aromatic carbocycles. The highest BCUT2D eigenvalue weighted by molar-refractivity contribution is 5.97. The van der Waals surface area contributed by atoms with Crippen LogP contribution < -0.4 is 5.32 Å². The third kappa shape index (κ3) is 9.98. The first-order valence-corrected chi connectivity index (χ1v) is 13.5. The van der Waals surface area contributed by atoms with Gasteiger partial charge in [0, 0.05) is 11.0 Å². The van der Waals surface area contributed by atoms with Crippen molar-refractivity contribution in [3.8, 4) is 11.5 Å². The van der Waals surface area contributed by atoms with E-state index >= 15 is 0 Å². The van der Waals surface area contributed by atoms with Gasteiger partial charge >= 0.3 is 0 Å². The first-order valence-electron chi connectivity index (χ1n) is 13.5. The number of amides is 1. The Labute approximate surface area is 203 Å². The summed E-state index contributed by atoms with van der Waals surface area (Å²) in [5, 5.41) is 23.6. The first-order chi connectivity index (χ1) is 15.6. The molecule has 33 heavy (non-hydrogen) atoms. The topological polar surface area (TPSA) is 69.6 Å². The highest BCUT2D eigenvalue weighted by atomic mass is 16.3. The van der Waals surface area contributed by atoms with E-state index in [-0.39, 0.29) is 17.4 Å². The number of benzene rings is 1. The Morgan fingerprint density at radius 2 is 1.06 bits per heavy atom. The lowest BCUT2D eigenvalue weighted by Crippen LogP contribution is -2.31. The molecule has 0 spiro atoms. The van der Waals surface area contributed by atoms with E-state index in [1.165, 1.54) is 77.0 Å². The standard InChI is InChI=1S/C29H51NO3/c1-7-8-9-10-11-12-13-14-15-16-17-18-19-20-21-29(5,6)28(33)30-25-24(4)26(31)22(2)23(3)27(25)32/h31-32H,7-21H2,1-6H3,(H,30,33). The molecule has 4 nitrogen and oxygen atoms in total. The first kappa shape index (κ1) is 29.3. The maximum atomic E-state index is 12.9. The molecule has 1 aromatic rings. The molecule has 0 aromatic heterocycles. The SMILES string of the molecule is CCCCCCCCCCCCCCCCC(C)(C)C(=O)Nc1c(C)c(O)c(C)c(C)c1O. The maximum absolute atomic E-state index is 12.9. The van der Waals surface area contributed by atoms with E-state index < -0.39 is 5.41 Å². The highest BCUT2D eigenvalue weighted by Gasteiger charge is 2.29. The van der Waals surface area contributed by atoms with Gasteiger partial charge in [-0.25, -0.2) is 0 Å². The van der Waals surface area contributed by atoms with Gasteiger partial charge in [-0.1, -0.05) is 111 Å². The van der Waals surface area contributed by atoms with E-state index in [0.717, 1.165) is 19.3 Å². The van der Waals surface area contributed by atoms with Gasteiger partial charge in [0.15, 0.2) is 0 Å². The number of unbranched alkanes of at least 4 members (excludes halogenated alkanes) is 13. The molecule has 3 N–H and O–H groups in total. The second-order valence-electron chi connectivity index (χ2n) is 10.6. The number of carbonyl (C=O) groups excluding carboxylic acids is 1. The number of hydrogen-bond acceptors (Lipinski definition) is 3. The Hall–Kier alpha value is -1.71. The highest BCUT2D eigenvalue weighted by Crippen LogP contribution is 2.41. The largest absolute Gasteiger partial charge is 0.507 e. The number of carbonyl (C=O) groups is 1. The third-order valence-corrected chi connectivity index (χ3v) is 7.25. The number of phenols is 2. The van der Waals surface area contributed by atoms with Crippen molar-refractivity contribution in [1.29, 1.82) is 0 Å². The summed E-state index contributed by atoms with van der Waals surface area (Å²) in [7, 11) is 0. The minimum Gasteiger partial charge on any atom is -0.507 e. The van der Waals surface area contributed by atoms with Crippen molar-refractivity contribution in [3.63, 3.8) is 0 Å². The van der Waals surface area contributed by atoms with Crippen molar-refractivity contribution < 1.29 is 15.0 Å². The monoisotopic (exact) mass is 461 g/mol. The summed E-state index contributed by atoms with van der Waals surface area (Å²) in [5.41, 5.74) is 1.55. The van der Waals surface area contributed by atoms with Crippen molar-refractivity contribution in [3.05, 3.63) is 16.7 Å². The quantitative estimate of drug-likeness (QED) is 0.123. The fourth-order valence-electron chi connectivity index (χ4n) is 4.43. The van der Waals surface area contributed by atoms with Crippen LogP contribution in [-0.4, -0.2) is 16.1 Å². The molecule has 0 saturated carbocycles. The third-order valence-electron chi connectivity index (χ3n) is 7.25. The molecule has 0 aliphatic rings. The number of phenolic OH excluding ortho intramolecular Hbond substituents is 2. The smallest absolute Gasteiger partial charge is 0.230 e. The summed E-state index contributed by atoms with van der Waals surface area (Å²) < 4.78 is 0. The van der Waals surface area contributed by atoms with E-state index in [2.05, 4.69) is 12.2 Å². The average molecular weight is 462 g/mol. The molecule has 1 amide bonds. The summed E-state index contributed by atoms with van der Waals surface area (Å²) in [6, 6.07) is 0. The molecule has 0 heterocycles. The van der Waals surface area contributed by atoms with Crippen LogP contribution in [0.4, 0.5) is 5.69 Å². The molecule has 1 rings (SSSR count). The maximum Gasteiger partial charge on any atom is 0.230 e. The Bertz CT molecular complexity index is 695. The number of anilines is 1. The van der Waals surface area contributed by atoms with Crippen LogP contribution in [0.5, 0.6) is 11.5 Å². The normalized spacial score (nSPS) is 11.7. The van der Waals surface area contributed by atoms with Crippen molar-refractivity contribution >= 4 is 11.6 Å². The number of rotatable bonds is 17. The number of nitrogens with one attached hydrogen (secondary N) is 1. The minimum absolute atomic E-state index is 0.0449. The van der Waals surface area contributed by atoms with E-state index in [1.807, 2.05) is 13.8 Å². The van der Waals surface area contributed by atoms with Gasteiger partial charge in [-0.05, 0) is 38.3 Å². The fraction of sp³-hybridized carbons (Fsp3) is 0.759. The predicted octanol–water partition coefficient (Wildman–Crippen LogP) is 8.86. The molecule has 0 bridgehead atoms. The zero-order valence-corrected chi connectivity index (χ0v) is 22.4. The molecule has 0 fully saturated rings. The van der Waals surface area contributed by atoms with Gasteiger partial charge in [0.05, 0.1) is 5.69 Å². The van der Waals surface area contributed by atoms with Gasteiger partial charge in [0.25, 0.3) is 0 Å². The molecule has 190 valence electrons. The van der Waals surface area contributed by atoms with Gasteiger partial charge in [0.2, 0.25) is 5.91 Å². The Morgan fingerprint density at radius 3 is 1.52 bits per heavy atom. The fourth-order valence-corrected chi connectivity index (χ4v) is 4.43. The lowest BCUT2D eigenvalue weighted by atomic mass is 9.85. The molecule has 0 atom stereocenters. The number of hydrogen-bond donors (Lipinski definition) is 3. The van der Waals surface area contributed by atoms with Gasteiger partial charge in [0.1, 0.15) is 11.5 Å². The average Bonchev–Trinajstić information content (AvgIpc) is 2.79. The zero-order chi connectivity index (χ0) is 24.9. The van der Waals surface area contributed by atoms with Gasteiger partial charge in [-0.2, -0.15) is 0 Å².